The Bertz CT molecular complexity index is 3270. The molecule has 3 amide bonds. The number of likely N-dealkylation sites (N-methyl/N-ethyl adjacent to an activating group) is 1. The van der Waals surface area contributed by atoms with Gasteiger partial charge in [-0.15, -0.1) is 6.42 Å². The summed E-state index contributed by atoms with van der Waals surface area (Å²) < 4.78 is 75.4. The van der Waals surface area contributed by atoms with Crippen LogP contribution in [0.3, 0.4) is 0 Å². The van der Waals surface area contributed by atoms with E-state index in [1.807, 2.05) is 0 Å². The molecule has 1 aliphatic carbocycles. The maximum absolute atomic E-state index is 15.3. The molecule has 1 fully saturated rings. The van der Waals surface area contributed by atoms with E-state index in [1.165, 1.54) is 35.9 Å². The standard InChI is InChI=1S/C51H57FN6O18S/c1-6-14-71-15-12-38(60)56(4)21-37(59)54-33-17-26(8-11-36(33)75-48-44(63)42(61)43(62)45(76-48)47(65)66)22-73-50(68)57(13-16-77(5,69)70)24-74-51(7-2)30-18-35-41-28(20-58(35)46(64)29(30)23-72-49(51)67)39-32(53)10-9-27-25(3)31(52)19-34(55-41)40(27)39/h1,8,11,17-19,32,42-45,48,61-63H,7,9-10,12-16,20-24,53H2,2-5H3,(H,54,59)(H,65,66)/t32-,42?,43-,44?,45?,48-,51-/m1/s1. The van der Waals surface area contributed by atoms with Crippen LogP contribution in [0.1, 0.15) is 71.2 Å². The van der Waals surface area contributed by atoms with Gasteiger partial charge >= 0.3 is 18.0 Å². The van der Waals surface area contributed by atoms with Gasteiger partial charge in [-0.1, -0.05) is 18.9 Å². The molecule has 0 bridgehead atoms. The topological polar surface area (TPSA) is 335 Å². The predicted molar refractivity (Wildman–Crippen MR) is 267 cm³/mol. The van der Waals surface area contributed by atoms with E-state index in [-0.39, 0.29) is 60.7 Å². The number of halogens is 1. The van der Waals surface area contributed by atoms with Crippen molar-refractivity contribution < 1.29 is 85.6 Å². The number of carbonyl (C=O) groups is 5. The predicted octanol–water partition coefficient (Wildman–Crippen LogP) is 0.846. The van der Waals surface area contributed by atoms with E-state index in [0.717, 1.165) is 32.6 Å². The first kappa shape index (κ1) is 56.1. The number of rotatable bonds is 19. The molecule has 3 aliphatic heterocycles. The third-order valence-corrected chi connectivity index (χ3v) is 15.0. The van der Waals surface area contributed by atoms with Gasteiger partial charge in [-0.05, 0) is 66.6 Å². The van der Waals surface area contributed by atoms with Crippen LogP contribution in [0, 0.1) is 25.1 Å². The smallest absolute Gasteiger partial charge is 0.411 e. The minimum absolute atomic E-state index is 0.0241. The lowest BCUT2D eigenvalue weighted by atomic mass is 9.82. The summed E-state index contributed by atoms with van der Waals surface area (Å²) >= 11 is 0. The van der Waals surface area contributed by atoms with E-state index in [0.29, 0.717) is 40.9 Å². The number of aromatic nitrogens is 2. The van der Waals surface area contributed by atoms with Crippen molar-refractivity contribution in [3.63, 3.8) is 0 Å². The molecule has 5 heterocycles. The van der Waals surface area contributed by atoms with E-state index < -0.39 is 132 Å². The van der Waals surface area contributed by atoms with E-state index >= 15 is 4.39 Å². The average Bonchev–Trinajstić information content (AvgIpc) is 3.80. The highest BCUT2D eigenvalue weighted by molar-refractivity contribution is 7.90. The van der Waals surface area contributed by atoms with Gasteiger partial charge in [0.05, 0.1) is 60.0 Å². The number of terminal acetylenes is 1. The number of esters is 1. The number of nitrogens with two attached hydrogens (primary N) is 1. The number of cyclic esters (lactones) is 1. The van der Waals surface area contributed by atoms with Crippen LogP contribution in [-0.4, -0.2) is 161 Å². The molecule has 0 saturated carbocycles. The molecule has 412 valence electrons. The number of sulfone groups is 1. The zero-order chi connectivity index (χ0) is 55.8. The zero-order valence-electron chi connectivity index (χ0n) is 42.3. The molecule has 0 radical (unpaired) electrons. The number of fused-ring (bicyclic) bond motifs is 5. The Hall–Kier alpha value is -7.09. The molecular formula is C51H57FN6O18S. The fourth-order valence-corrected chi connectivity index (χ4v) is 10.4. The summed E-state index contributed by atoms with van der Waals surface area (Å²) in [5.41, 5.74) is 8.06. The summed E-state index contributed by atoms with van der Waals surface area (Å²) in [4.78, 5) is 87.2. The van der Waals surface area contributed by atoms with Gasteiger partial charge in [0.15, 0.2) is 11.7 Å². The molecule has 4 aromatic rings. The Morgan fingerprint density at radius 2 is 1.84 bits per heavy atom. The highest BCUT2D eigenvalue weighted by Crippen LogP contribution is 2.46. The SMILES string of the molecule is C#CCOCCC(=O)N(C)CC(=O)Nc1cc(COC(=O)N(CCS(C)(=O)=O)CO[C@@]2(CC)C(=O)OCc3c2cc2n(c3=O)Cc3c-2nc2cc(F)c(C)c4c2c3[C@H](N)CC4)ccc1O[C@@H]1OC(C(=O)O)[C@H](O)C(O)C1O. The number of amides is 3. The van der Waals surface area contributed by atoms with Crippen molar-refractivity contribution in [1.82, 2.24) is 19.4 Å². The number of carbonyl (C=O) groups excluding carboxylic acids is 4. The van der Waals surface area contributed by atoms with Crippen LogP contribution < -0.4 is 21.3 Å². The number of aliphatic hydroxyl groups is 3. The largest absolute Gasteiger partial charge is 0.479 e. The molecule has 24 nitrogen and oxygen atoms in total. The summed E-state index contributed by atoms with van der Waals surface area (Å²) in [6.07, 6.45) is -4.30. The number of aliphatic hydroxyl groups excluding tert-OH is 3. The number of aryl methyl sites for hydroxylation is 1. The number of hydrogen-bond donors (Lipinski definition) is 6. The van der Waals surface area contributed by atoms with Crippen LogP contribution in [0.25, 0.3) is 22.3 Å². The van der Waals surface area contributed by atoms with Crippen molar-refractivity contribution in [2.75, 3.05) is 57.4 Å². The monoisotopic (exact) mass is 1090 g/mol. The molecule has 3 unspecified atom stereocenters. The van der Waals surface area contributed by atoms with Gasteiger partial charge in [0.25, 0.3) is 5.56 Å². The fourth-order valence-electron chi connectivity index (χ4n) is 9.84. The summed E-state index contributed by atoms with van der Waals surface area (Å²) in [7, 11) is -2.41. The van der Waals surface area contributed by atoms with Gasteiger partial charge in [0.2, 0.25) is 18.1 Å². The second-order valence-electron chi connectivity index (χ2n) is 19.1. The lowest BCUT2D eigenvalue weighted by Crippen LogP contribution is -2.61. The molecule has 7 N–H and O–H groups in total. The zero-order valence-corrected chi connectivity index (χ0v) is 43.1. The summed E-state index contributed by atoms with van der Waals surface area (Å²) in [5.74, 6) is -2.95. The van der Waals surface area contributed by atoms with Gasteiger partial charge in [-0.25, -0.2) is 32.2 Å². The number of carboxylic acids is 1. The maximum Gasteiger partial charge on any atom is 0.411 e. The Morgan fingerprint density at radius 3 is 2.55 bits per heavy atom. The van der Waals surface area contributed by atoms with Gasteiger partial charge in [0, 0.05) is 48.5 Å². The maximum atomic E-state index is 15.3. The minimum Gasteiger partial charge on any atom is -0.479 e. The summed E-state index contributed by atoms with van der Waals surface area (Å²) in [5, 5.41) is 44.2. The number of benzene rings is 2. The van der Waals surface area contributed by atoms with Crippen LogP contribution >= 0.6 is 0 Å². The Balaban J connectivity index is 1.06. The number of aliphatic carboxylic acids is 1. The van der Waals surface area contributed by atoms with Crippen molar-refractivity contribution in [2.45, 2.75) is 102 Å². The quantitative estimate of drug-likeness (QED) is 0.0289. The number of pyridine rings is 2. The number of nitrogens with one attached hydrogen (secondary N) is 1. The first-order valence-electron chi connectivity index (χ1n) is 24.3. The van der Waals surface area contributed by atoms with Crippen molar-refractivity contribution in [3.05, 3.63) is 85.4 Å². The van der Waals surface area contributed by atoms with E-state index in [1.54, 1.807) is 19.9 Å². The normalized spacial score (nSPS) is 22.2. The molecule has 0 spiro atoms. The van der Waals surface area contributed by atoms with Crippen molar-refractivity contribution in [3.8, 4) is 29.5 Å². The Labute approximate surface area is 439 Å². The number of nitrogens with zero attached hydrogens (tertiary/aromatic N) is 4. The van der Waals surface area contributed by atoms with Crippen LogP contribution in [0.2, 0.25) is 0 Å². The second-order valence-corrected chi connectivity index (χ2v) is 21.4. The molecule has 8 rings (SSSR count). The molecule has 1 saturated heterocycles. The van der Waals surface area contributed by atoms with Crippen LogP contribution in [-0.2, 0) is 84.5 Å². The van der Waals surface area contributed by atoms with Crippen LogP contribution in [0.4, 0.5) is 14.9 Å². The lowest BCUT2D eigenvalue weighted by Gasteiger charge is -2.38. The number of ether oxygens (including phenoxy) is 6. The van der Waals surface area contributed by atoms with Gasteiger partial charge < -0.3 is 69.4 Å². The molecular weight excluding hydrogens is 1040 g/mol. The average molecular weight is 1090 g/mol. The van der Waals surface area contributed by atoms with Gasteiger partial charge in [-0.2, -0.15) is 0 Å². The van der Waals surface area contributed by atoms with E-state index in [4.69, 9.17) is 45.6 Å². The number of hydrogen-bond acceptors (Lipinski definition) is 19. The van der Waals surface area contributed by atoms with Crippen molar-refractivity contribution >= 4 is 56.3 Å². The number of anilines is 1. The third kappa shape index (κ3) is 11.2. The lowest BCUT2D eigenvalue weighted by molar-refractivity contribution is -0.271. The number of carboxylic acid groups (broad SMARTS) is 1. The third-order valence-electron chi connectivity index (χ3n) is 14.0. The molecule has 2 aromatic heterocycles. The first-order chi connectivity index (χ1) is 36.5. The van der Waals surface area contributed by atoms with Crippen molar-refractivity contribution in [2.24, 2.45) is 5.73 Å². The molecule has 4 aliphatic rings. The van der Waals surface area contributed by atoms with Gasteiger partial charge in [0.1, 0.15) is 66.3 Å². The first-order valence-corrected chi connectivity index (χ1v) is 26.4. The highest BCUT2D eigenvalue weighted by Gasteiger charge is 2.50. The second kappa shape index (κ2) is 22.5. The van der Waals surface area contributed by atoms with Gasteiger partial charge in [-0.3, -0.25) is 19.3 Å². The van der Waals surface area contributed by atoms with E-state index in [2.05, 4.69) is 11.2 Å². The molecule has 7 atom stereocenters. The molecule has 26 heteroatoms. The van der Waals surface area contributed by atoms with Crippen LogP contribution in [0.5, 0.6) is 5.75 Å². The Morgan fingerprint density at radius 1 is 1.09 bits per heavy atom. The Kier molecular flexibility index (Phi) is 16.4. The van der Waals surface area contributed by atoms with Crippen molar-refractivity contribution in [1.29, 1.82) is 0 Å². The molecule has 2 aromatic carbocycles. The minimum atomic E-state index is -3.75. The van der Waals surface area contributed by atoms with Crippen LogP contribution in [0.15, 0.2) is 35.1 Å². The summed E-state index contributed by atoms with van der Waals surface area (Å²) in [6.45, 7) is 0.481. The fraction of sp³-hybridized carbons (Fsp3) is 0.471. The molecule has 77 heavy (non-hydrogen) atoms. The van der Waals surface area contributed by atoms with E-state index in [9.17, 15) is 57.6 Å². The highest BCUT2D eigenvalue weighted by atomic mass is 32.2. The summed E-state index contributed by atoms with van der Waals surface area (Å²) in [6, 6.07) is 6.26.